The van der Waals surface area contributed by atoms with E-state index >= 15 is 0 Å². The molecular formula is C26H23ClN6OS. The fourth-order valence-electron chi connectivity index (χ4n) is 4.52. The van der Waals surface area contributed by atoms with E-state index in [-0.39, 0.29) is 5.96 Å². The summed E-state index contributed by atoms with van der Waals surface area (Å²) in [5.74, 6) is 1.10. The van der Waals surface area contributed by atoms with Gasteiger partial charge in [-0.25, -0.2) is 0 Å². The summed E-state index contributed by atoms with van der Waals surface area (Å²) in [6.45, 7) is 1.65. The number of likely N-dealkylation sites (tertiary alicyclic amines) is 1. The summed E-state index contributed by atoms with van der Waals surface area (Å²) in [6, 6.07) is 13.9. The van der Waals surface area contributed by atoms with Crippen LogP contribution in [0.15, 0.2) is 71.5 Å². The monoisotopic (exact) mass is 502 g/mol. The van der Waals surface area contributed by atoms with E-state index < -0.39 is 0 Å². The van der Waals surface area contributed by atoms with Gasteiger partial charge in [0.2, 0.25) is 0 Å². The van der Waals surface area contributed by atoms with Crippen molar-refractivity contribution >= 4 is 34.9 Å². The molecule has 35 heavy (non-hydrogen) atoms. The number of nitrogens with one attached hydrogen (secondary N) is 1. The number of hydrogen-bond donors (Lipinski definition) is 1. The van der Waals surface area contributed by atoms with Crippen molar-refractivity contribution in [2.75, 3.05) is 13.1 Å². The maximum Gasteiger partial charge on any atom is 0.325 e. The first-order chi connectivity index (χ1) is 17.1. The second-order valence-corrected chi connectivity index (χ2v) is 9.79. The van der Waals surface area contributed by atoms with Gasteiger partial charge in [0.05, 0.1) is 25.3 Å². The lowest BCUT2D eigenvalue weighted by molar-refractivity contribution is -0.369. The molecule has 0 aliphatic carbocycles. The molecule has 2 aliphatic rings. The molecule has 7 nitrogen and oxygen atoms in total. The molecule has 176 valence electrons. The summed E-state index contributed by atoms with van der Waals surface area (Å²) in [5, 5.41) is 25.5. The number of hydrogen-bond acceptors (Lipinski definition) is 5. The minimum absolute atomic E-state index is 0.266. The molecule has 5 rings (SSSR count). The van der Waals surface area contributed by atoms with Gasteiger partial charge in [-0.2, -0.15) is 4.74 Å². The smallest absolute Gasteiger partial charge is 0.325 e. The Morgan fingerprint density at radius 2 is 2.03 bits per heavy atom. The first kappa shape index (κ1) is 23.2. The van der Waals surface area contributed by atoms with Gasteiger partial charge in [0.15, 0.2) is 0 Å². The summed E-state index contributed by atoms with van der Waals surface area (Å²) in [5.41, 5.74) is 6.78. The second-order valence-electron chi connectivity index (χ2n) is 8.34. The molecule has 0 unspecified atom stereocenters. The van der Waals surface area contributed by atoms with Crippen LogP contribution in [0, 0.1) is 16.7 Å². The van der Waals surface area contributed by atoms with E-state index in [9.17, 15) is 10.5 Å². The van der Waals surface area contributed by atoms with E-state index in [1.54, 1.807) is 30.3 Å². The van der Waals surface area contributed by atoms with Crippen molar-refractivity contribution in [1.82, 2.24) is 20.2 Å². The molecule has 1 aromatic carbocycles. The van der Waals surface area contributed by atoms with Crippen LogP contribution < -0.4 is 5.32 Å². The maximum atomic E-state index is 12.4. The van der Waals surface area contributed by atoms with Crippen LogP contribution in [0.5, 0.6) is 0 Å². The minimum Gasteiger partial charge on any atom is -0.746 e. The number of rotatable bonds is 2. The van der Waals surface area contributed by atoms with E-state index in [0.29, 0.717) is 24.4 Å². The molecule has 1 N–H and O–H groups in total. The largest absolute Gasteiger partial charge is 0.746 e. The average molecular weight is 503 g/mol. The summed E-state index contributed by atoms with van der Waals surface area (Å²) in [4.78, 5) is 12.0. The molecular weight excluding hydrogens is 480 g/mol. The third-order valence-corrected chi connectivity index (χ3v) is 7.54. The van der Waals surface area contributed by atoms with Gasteiger partial charge in [0, 0.05) is 45.4 Å². The Kier molecular flexibility index (Phi) is 6.89. The van der Waals surface area contributed by atoms with Gasteiger partial charge in [0.25, 0.3) is 0 Å². The van der Waals surface area contributed by atoms with Crippen LogP contribution in [0.4, 0.5) is 0 Å². The highest BCUT2D eigenvalue weighted by Gasteiger charge is 2.28. The number of nitrogens with zero attached hydrogens (tertiary/aromatic N) is 5. The standard InChI is InChI=1S/C26H23ClN6OS/c27-21-5-6-22-23(13-21)35-16-20-4-2-10-30-25(20)24(22)19-7-11-32(12-8-19)26(33(34)17-28)31-15-18-3-1-9-29-14-18/h1-6,9-10,13-14,31H,7-8,11-12,15-16H2/b33-26-. The number of pyridine rings is 2. The third-order valence-electron chi connectivity index (χ3n) is 6.20. The maximum absolute atomic E-state index is 12.4. The molecule has 4 heterocycles. The topological polar surface area (TPSA) is 90.9 Å². The summed E-state index contributed by atoms with van der Waals surface area (Å²) in [6.07, 6.45) is 8.50. The third kappa shape index (κ3) is 4.97. The van der Waals surface area contributed by atoms with E-state index in [0.717, 1.165) is 45.3 Å². The van der Waals surface area contributed by atoms with Crippen molar-refractivity contribution in [2.24, 2.45) is 0 Å². The number of aromatic nitrogens is 2. The molecule has 9 heteroatoms. The lowest BCUT2D eigenvalue weighted by atomic mass is 9.89. The molecule has 0 radical (unpaired) electrons. The van der Waals surface area contributed by atoms with Crippen molar-refractivity contribution in [3.63, 3.8) is 0 Å². The molecule has 1 saturated heterocycles. The van der Waals surface area contributed by atoms with Crippen LogP contribution >= 0.6 is 23.4 Å². The number of nitriles is 1. The van der Waals surface area contributed by atoms with Gasteiger partial charge in [-0.15, -0.1) is 11.8 Å². The number of fused-ring (bicyclic) bond motifs is 2. The normalized spacial score (nSPS) is 15.9. The van der Waals surface area contributed by atoms with Crippen molar-refractivity contribution < 1.29 is 4.74 Å². The lowest BCUT2D eigenvalue weighted by Gasteiger charge is -2.30. The zero-order chi connectivity index (χ0) is 24.2. The van der Waals surface area contributed by atoms with Crippen molar-refractivity contribution in [1.29, 1.82) is 5.26 Å². The van der Waals surface area contributed by atoms with Gasteiger partial charge in [-0.1, -0.05) is 35.4 Å². The Hall–Kier alpha value is -3.54. The van der Waals surface area contributed by atoms with Gasteiger partial charge < -0.3 is 5.21 Å². The van der Waals surface area contributed by atoms with Crippen molar-refractivity contribution in [2.45, 2.75) is 30.0 Å². The highest BCUT2D eigenvalue weighted by molar-refractivity contribution is 7.98. The number of halogens is 1. The van der Waals surface area contributed by atoms with Crippen LogP contribution in [0.1, 0.15) is 35.2 Å². The molecule has 0 amide bonds. The summed E-state index contributed by atoms with van der Waals surface area (Å²) < 4.78 is 0.352. The lowest BCUT2D eigenvalue weighted by Crippen LogP contribution is -2.47. The fraction of sp³-hybridized carbons (Fsp3) is 0.231. The van der Waals surface area contributed by atoms with Crippen LogP contribution in [-0.4, -0.2) is 38.7 Å². The van der Waals surface area contributed by atoms with Gasteiger partial charge in [-0.05, 0) is 53.5 Å². The Balaban J connectivity index is 1.44. The highest BCUT2D eigenvalue weighted by atomic mass is 35.5. The Labute approximate surface area is 213 Å². The Bertz CT molecular complexity index is 1340. The van der Waals surface area contributed by atoms with Crippen molar-refractivity contribution in [3.05, 3.63) is 99.2 Å². The van der Waals surface area contributed by atoms with Crippen LogP contribution in [0.25, 0.3) is 5.57 Å². The predicted octanol–water partition coefficient (Wildman–Crippen LogP) is 4.77. The number of piperidine rings is 1. The first-order valence-corrected chi connectivity index (χ1v) is 12.7. The van der Waals surface area contributed by atoms with E-state index in [1.807, 2.05) is 41.4 Å². The van der Waals surface area contributed by atoms with Crippen LogP contribution in [-0.2, 0) is 12.3 Å². The number of guanidine groups is 1. The molecule has 3 aromatic rings. The van der Waals surface area contributed by atoms with Crippen LogP contribution in [0.3, 0.4) is 0 Å². The number of benzene rings is 1. The molecule has 2 aromatic heterocycles. The zero-order valence-electron chi connectivity index (χ0n) is 18.9. The second kappa shape index (κ2) is 10.4. The Morgan fingerprint density at radius 1 is 1.20 bits per heavy atom. The molecule has 0 atom stereocenters. The van der Waals surface area contributed by atoms with E-state index in [4.69, 9.17) is 16.6 Å². The highest BCUT2D eigenvalue weighted by Crippen LogP contribution is 2.43. The summed E-state index contributed by atoms with van der Waals surface area (Å²) >= 11 is 8.10. The Morgan fingerprint density at radius 3 is 2.80 bits per heavy atom. The predicted molar refractivity (Wildman–Crippen MR) is 137 cm³/mol. The van der Waals surface area contributed by atoms with E-state index in [1.165, 1.54) is 16.7 Å². The van der Waals surface area contributed by atoms with Gasteiger partial charge in [-0.3, -0.25) is 20.2 Å². The van der Waals surface area contributed by atoms with Gasteiger partial charge >= 0.3 is 12.2 Å². The van der Waals surface area contributed by atoms with Crippen molar-refractivity contribution in [3.8, 4) is 6.19 Å². The number of hydroxylamine groups is 1. The fourth-order valence-corrected chi connectivity index (χ4v) is 5.84. The number of thioether (sulfide) groups is 1. The molecule has 0 saturated carbocycles. The minimum atomic E-state index is 0.266. The average Bonchev–Trinajstić information content (AvgIpc) is 3.06. The van der Waals surface area contributed by atoms with E-state index in [2.05, 4.69) is 22.4 Å². The first-order valence-electron chi connectivity index (χ1n) is 11.3. The molecule has 2 aliphatic heterocycles. The quantitative estimate of drug-likeness (QED) is 0.103. The van der Waals surface area contributed by atoms with Crippen LogP contribution in [0.2, 0.25) is 5.02 Å². The molecule has 0 bridgehead atoms. The van der Waals surface area contributed by atoms with Gasteiger partial charge in [0.1, 0.15) is 0 Å². The molecule has 1 fully saturated rings. The SMILES string of the molecule is N#C/[N+]([O-])=C(\NCc1cccnc1)N1CCC(=C2c3ccc(Cl)cc3SCc3cccnc32)CC1. The molecule has 0 spiro atoms. The zero-order valence-corrected chi connectivity index (χ0v) is 20.5. The summed E-state index contributed by atoms with van der Waals surface area (Å²) in [7, 11) is 0.